The van der Waals surface area contributed by atoms with Crippen molar-refractivity contribution in [3.05, 3.63) is 84.4 Å². The van der Waals surface area contributed by atoms with Gasteiger partial charge in [-0.3, -0.25) is 9.97 Å². The largest absolute Gasteiger partial charge is 0.312 e. The fraction of sp³-hybridized carbons (Fsp3) is 0.273. The Kier molecular flexibility index (Phi) is 9.37. The van der Waals surface area contributed by atoms with Crippen LogP contribution in [0.15, 0.2) is 83.1 Å². The van der Waals surface area contributed by atoms with E-state index in [0.717, 1.165) is 37.7 Å². The summed E-state index contributed by atoms with van der Waals surface area (Å²) in [6, 6.07) is 17.0. The predicted molar refractivity (Wildman–Crippen MR) is 120 cm³/mol. The molecule has 1 aromatic carbocycles. The van der Waals surface area contributed by atoms with Gasteiger partial charge in [-0.2, -0.15) is 0 Å². The van der Waals surface area contributed by atoms with Gasteiger partial charge in [0.05, 0.1) is 0 Å². The number of thioether (sulfide) groups is 2. The van der Waals surface area contributed by atoms with Gasteiger partial charge >= 0.3 is 0 Å². The average Bonchev–Trinajstić information content (AvgIpc) is 2.75. The van der Waals surface area contributed by atoms with Gasteiger partial charge in [0.25, 0.3) is 0 Å². The van der Waals surface area contributed by atoms with Gasteiger partial charge in [-0.15, -0.1) is 23.5 Å². The molecule has 4 nitrogen and oxygen atoms in total. The monoisotopic (exact) mass is 410 g/mol. The van der Waals surface area contributed by atoms with Gasteiger partial charge in [-0.1, -0.05) is 24.3 Å². The van der Waals surface area contributed by atoms with Crippen LogP contribution in [0.4, 0.5) is 0 Å². The minimum atomic E-state index is 0.905. The molecule has 146 valence electrons. The topological polar surface area (TPSA) is 49.8 Å². The fourth-order valence-electron chi connectivity index (χ4n) is 2.67. The molecule has 0 fully saturated rings. The molecule has 0 aliphatic heterocycles. The Morgan fingerprint density at radius 2 is 1.11 bits per heavy atom. The lowest BCUT2D eigenvalue weighted by molar-refractivity contribution is 0.717. The van der Waals surface area contributed by atoms with E-state index in [-0.39, 0.29) is 0 Å². The second kappa shape index (κ2) is 12.6. The highest BCUT2D eigenvalue weighted by Gasteiger charge is 1.98. The van der Waals surface area contributed by atoms with Gasteiger partial charge in [0.15, 0.2) is 0 Å². The molecule has 2 aromatic heterocycles. The summed E-state index contributed by atoms with van der Waals surface area (Å²) in [6.07, 6.45) is 7.36. The van der Waals surface area contributed by atoms with Crippen LogP contribution in [-0.4, -0.2) is 34.6 Å². The number of pyridine rings is 2. The zero-order valence-corrected chi connectivity index (χ0v) is 17.5. The molecule has 28 heavy (non-hydrogen) atoms. The normalized spacial score (nSPS) is 10.9. The van der Waals surface area contributed by atoms with E-state index < -0.39 is 0 Å². The summed E-state index contributed by atoms with van der Waals surface area (Å²) in [7, 11) is 0. The molecular formula is C22H26N4S2. The van der Waals surface area contributed by atoms with E-state index in [1.807, 2.05) is 48.3 Å². The number of rotatable bonds is 12. The summed E-state index contributed by atoms with van der Waals surface area (Å²) in [5.41, 5.74) is 2.67. The molecule has 0 unspecified atom stereocenters. The van der Waals surface area contributed by atoms with Crippen molar-refractivity contribution in [1.29, 1.82) is 0 Å². The van der Waals surface area contributed by atoms with E-state index in [1.165, 1.54) is 20.9 Å². The van der Waals surface area contributed by atoms with Crippen molar-refractivity contribution >= 4 is 23.5 Å². The SMILES string of the molecule is c1cc(CNCCSc2ccncc2)cc(CNCCSc2ccncc2)c1. The summed E-state index contributed by atoms with van der Waals surface area (Å²) < 4.78 is 0. The molecule has 0 atom stereocenters. The van der Waals surface area contributed by atoms with Crippen molar-refractivity contribution in [2.24, 2.45) is 0 Å². The third-order valence-electron chi connectivity index (χ3n) is 4.04. The van der Waals surface area contributed by atoms with Crippen molar-refractivity contribution in [2.45, 2.75) is 22.9 Å². The van der Waals surface area contributed by atoms with Crippen LogP contribution in [0, 0.1) is 0 Å². The number of nitrogens with one attached hydrogen (secondary N) is 2. The summed E-state index contributed by atoms with van der Waals surface area (Å²) in [4.78, 5) is 10.6. The first-order valence-corrected chi connectivity index (χ1v) is 11.4. The number of nitrogens with zero attached hydrogens (tertiary/aromatic N) is 2. The molecule has 2 heterocycles. The highest BCUT2D eigenvalue weighted by atomic mass is 32.2. The van der Waals surface area contributed by atoms with Gasteiger partial charge < -0.3 is 10.6 Å². The zero-order valence-electron chi connectivity index (χ0n) is 15.9. The fourth-order valence-corrected chi connectivity index (χ4v) is 4.26. The van der Waals surface area contributed by atoms with Crippen LogP contribution in [0.1, 0.15) is 11.1 Å². The standard InChI is InChI=1S/C22H26N4S2/c1-2-19(17-25-12-14-27-21-4-8-23-9-5-21)16-20(3-1)18-26-13-15-28-22-6-10-24-11-7-22/h1-11,16,25-26H,12-15,17-18H2. The first-order chi connectivity index (χ1) is 13.9. The zero-order chi connectivity index (χ0) is 19.3. The quantitative estimate of drug-likeness (QED) is 0.344. The summed E-state index contributed by atoms with van der Waals surface area (Å²) in [5.74, 6) is 2.11. The minimum Gasteiger partial charge on any atom is -0.312 e. The second-order valence-electron chi connectivity index (χ2n) is 6.24. The average molecular weight is 411 g/mol. The second-order valence-corrected chi connectivity index (χ2v) is 8.57. The first kappa shape index (κ1) is 20.9. The van der Waals surface area contributed by atoms with Crippen LogP contribution in [-0.2, 0) is 13.1 Å². The van der Waals surface area contributed by atoms with E-state index >= 15 is 0 Å². The van der Waals surface area contributed by atoms with Gasteiger partial charge in [0, 0.05) is 72.3 Å². The van der Waals surface area contributed by atoms with Crippen LogP contribution in [0.3, 0.4) is 0 Å². The molecule has 0 aliphatic rings. The minimum absolute atomic E-state index is 0.905. The molecule has 0 saturated heterocycles. The molecule has 0 bridgehead atoms. The van der Waals surface area contributed by atoms with Gasteiger partial charge in [-0.25, -0.2) is 0 Å². The maximum absolute atomic E-state index is 4.05. The van der Waals surface area contributed by atoms with E-state index in [0.29, 0.717) is 0 Å². The van der Waals surface area contributed by atoms with Gasteiger partial charge in [-0.05, 0) is 35.4 Å². The smallest absolute Gasteiger partial charge is 0.0278 e. The third-order valence-corrected chi connectivity index (χ3v) is 6.07. The van der Waals surface area contributed by atoms with Crippen LogP contribution in [0.25, 0.3) is 0 Å². The van der Waals surface area contributed by atoms with Crippen LogP contribution in [0.2, 0.25) is 0 Å². The molecule has 6 heteroatoms. The molecule has 0 radical (unpaired) electrons. The van der Waals surface area contributed by atoms with Gasteiger partial charge in [0.1, 0.15) is 0 Å². The lowest BCUT2D eigenvalue weighted by Crippen LogP contribution is -2.18. The van der Waals surface area contributed by atoms with E-state index in [4.69, 9.17) is 0 Å². The van der Waals surface area contributed by atoms with Gasteiger partial charge in [0.2, 0.25) is 0 Å². The molecule has 3 aromatic rings. The van der Waals surface area contributed by atoms with E-state index in [2.05, 4.69) is 69.1 Å². The summed E-state index contributed by atoms with van der Waals surface area (Å²) in [6.45, 7) is 3.79. The third kappa shape index (κ3) is 8.02. The molecule has 0 aliphatic carbocycles. The van der Waals surface area contributed by atoms with Crippen LogP contribution >= 0.6 is 23.5 Å². The van der Waals surface area contributed by atoms with E-state index in [9.17, 15) is 0 Å². The Balaban J connectivity index is 1.29. The van der Waals surface area contributed by atoms with E-state index in [1.54, 1.807) is 0 Å². The van der Waals surface area contributed by atoms with Crippen molar-refractivity contribution in [1.82, 2.24) is 20.6 Å². The van der Waals surface area contributed by atoms with Crippen molar-refractivity contribution in [3.8, 4) is 0 Å². The Bertz CT molecular complexity index is 735. The predicted octanol–water partition coefficient (Wildman–Crippen LogP) is 4.24. The van der Waals surface area contributed by atoms with Crippen LogP contribution in [0.5, 0.6) is 0 Å². The maximum Gasteiger partial charge on any atom is 0.0278 e. The number of hydrogen-bond donors (Lipinski definition) is 2. The molecule has 0 spiro atoms. The number of benzene rings is 1. The molecule has 0 saturated carbocycles. The Hall–Kier alpha value is -1.86. The Labute approximate surface area is 176 Å². The molecule has 3 rings (SSSR count). The Morgan fingerprint density at radius 3 is 1.57 bits per heavy atom. The maximum atomic E-state index is 4.05. The summed E-state index contributed by atoms with van der Waals surface area (Å²) >= 11 is 3.71. The highest BCUT2D eigenvalue weighted by Crippen LogP contribution is 2.16. The summed E-state index contributed by atoms with van der Waals surface area (Å²) in [5, 5.41) is 7.06. The number of aromatic nitrogens is 2. The first-order valence-electron chi connectivity index (χ1n) is 9.45. The van der Waals surface area contributed by atoms with Crippen LogP contribution < -0.4 is 10.6 Å². The molecule has 0 amide bonds. The molecule has 2 N–H and O–H groups in total. The lowest BCUT2D eigenvalue weighted by Gasteiger charge is -2.08. The lowest BCUT2D eigenvalue weighted by atomic mass is 10.1. The van der Waals surface area contributed by atoms with Crippen molar-refractivity contribution in [2.75, 3.05) is 24.6 Å². The molecular weight excluding hydrogens is 384 g/mol. The van der Waals surface area contributed by atoms with Crippen molar-refractivity contribution in [3.63, 3.8) is 0 Å². The number of hydrogen-bond acceptors (Lipinski definition) is 6. The Morgan fingerprint density at radius 1 is 0.643 bits per heavy atom. The van der Waals surface area contributed by atoms with Crippen molar-refractivity contribution < 1.29 is 0 Å². The highest BCUT2D eigenvalue weighted by molar-refractivity contribution is 7.99.